The molecule has 0 fully saturated rings. The van der Waals surface area contributed by atoms with Crippen molar-refractivity contribution < 1.29 is 0 Å². The smallest absolute Gasteiger partial charge is 0.270 e. The summed E-state index contributed by atoms with van der Waals surface area (Å²) in [5.41, 5.74) is -0.205. The average Bonchev–Trinajstić information content (AvgIpc) is 2.72. The van der Waals surface area contributed by atoms with Crippen LogP contribution in [0.4, 0.5) is 0 Å². The van der Waals surface area contributed by atoms with E-state index in [0.717, 1.165) is 19.3 Å². The molecule has 2 aromatic heterocycles. The molecule has 0 saturated heterocycles. The van der Waals surface area contributed by atoms with Gasteiger partial charge in [-0.15, -0.1) is 5.10 Å². The van der Waals surface area contributed by atoms with E-state index in [-0.39, 0.29) is 5.69 Å². The molecule has 2 rings (SSSR count). The van der Waals surface area contributed by atoms with E-state index in [0.29, 0.717) is 27.7 Å². The molecular formula is C12H16ClN5OS. The van der Waals surface area contributed by atoms with Crippen LogP contribution in [0, 0.1) is 0 Å². The van der Waals surface area contributed by atoms with Crippen molar-refractivity contribution in [2.75, 3.05) is 0 Å². The first-order chi connectivity index (χ1) is 9.63. The van der Waals surface area contributed by atoms with E-state index in [9.17, 15) is 4.79 Å². The lowest BCUT2D eigenvalue weighted by Gasteiger charge is -2.05. The van der Waals surface area contributed by atoms with Gasteiger partial charge in [0.2, 0.25) is 0 Å². The van der Waals surface area contributed by atoms with Crippen LogP contribution >= 0.6 is 23.4 Å². The molecule has 0 aromatic carbocycles. The maximum atomic E-state index is 11.6. The van der Waals surface area contributed by atoms with Gasteiger partial charge >= 0.3 is 5.69 Å². The molecule has 0 unspecified atom stereocenters. The lowest BCUT2D eigenvalue weighted by atomic mass is 10.3. The highest BCUT2D eigenvalue weighted by Crippen LogP contribution is 2.25. The van der Waals surface area contributed by atoms with Crippen LogP contribution in [0.3, 0.4) is 0 Å². The maximum Gasteiger partial charge on any atom is 0.343 e. The van der Waals surface area contributed by atoms with Crippen LogP contribution < -0.4 is 5.69 Å². The number of aromatic nitrogens is 5. The zero-order chi connectivity index (χ0) is 14.5. The second kappa shape index (κ2) is 6.90. The Morgan fingerprint density at radius 2 is 2.15 bits per heavy atom. The Bertz CT molecular complexity index is 639. The van der Waals surface area contributed by atoms with E-state index < -0.39 is 0 Å². The Morgan fingerprint density at radius 3 is 2.85 bits per heavy atom. The number of aryl methyl sites for hydroxylation is 1. The lowest BCUT2D eigenvalue weighted by Crippen LogP contribution is -2.17. The predicted molar refractivity (Wildman–Crippen MR) is 78.3 cm³/mol. The largest absolute Gasteiger partial charge is 0.343 e. The molecule has 0 saturated carbocycles. The van der Waals surface area contributed by atoms with Crippen molar-refractivity contribution in [2.24, 2.45) is 0 Å². The Hall–Kier alpha value is -1.34. The van der Waals surface area contributed by atoms with Crippen molar-refractivity contribution >= 4 is 23.4 Å². The summed E-state index contributed by atoms with van der Waals surface area (Å²) in [7, 11) is 0. The normalized spacial score (nSPS) is 10.9. The molecule has 2 heterocycles. The van der Waals surface area contributed by atoms with Gasteiger partial charge < -0.3 is 0 Å². The fraction of sp³-hybridized carbons (Fsp3) is 0.500. The minimum atomic E-state index is -0.205. The van der Waals surface area contributed by atoms with Gasteiger partial charge in [-0.25, -0.2) is 19.9 Å². The topological polar surface area (TPSA) is 76.5 Å². The zero-order valence-electron chi connectivity index (χ0n) is 11.4. The molecule has 1 N–H and O–H groups in total. The van der Waals surface area contributed by atoms with E-state index in [2.05, 4.69) is 27.1 Å². The minimum absolute atomic E-state index is 0.205. The van der Waals surface area contributed by atoms with Gasteiger partial charge in [-0.1, -0.05) is 25.4 Å². The monoisotopic (exact) mass is 313 g/mol. The second-order valence-corrected chi connectivity index (χ2v) is 5.63. The highest BCUT2D eigenvalue weighted by Gasteiger charge is 2.11. The molecule has 6 nitrogen and oxygen atoms in total. The van der Waals surface area contributed by atoms with Crippen LogP contribution in [0.5, 0.6) is 0 Å². The SMILES string of the molecule is CCCc1nc(Cl)cc(Sc2n[nH]c(=O)n2CCC)n1. The minimum Gasteiger partial charge on any atom is -0.270 e. The number of rotatable bonds is 6. The van der Waals surface area contributed by atoms with Gasteiger partial charge in [0.1, 0.15) is 16.0 Å². The third kappa shape index (κ3) is 3.61. The second-order valence-electron chi connectivity index (χ2n) is 4.26. The highest BCUT2D eigenvalue weighted by molar-refractivity contribution is 7.99. The molecule has 0 spiro atoms. The first-order valence-corrected chi connectivity index (χ1v) is 7.70. The average molecular weight is 314 g/mol. The number of H-pyrrole nitrogens is 1. The summed E-state index contributed by atoms with van der Waals surface area (Å²) >= 11 is 7.31. The highest BCUT2D eigenvalue weighted by atomic mass is 35.5. The Labute approximate surface area is 126 Å². The van der Waals surface area contributed by atoms with E-state index in [1.165, 1.54) is 11.8 Å². The molecule has 0 atom stereocenters. The summed E-state index contributed by atoms with van der Waals surface area (Å²) in [6.45, 7) is 4.69. The van der Waals surface area contributed by atoms with Gasteiger partial charge in [0.15, 0.2) is 5.16 Å². The fourth-order valence-electron chi connectivity index (χ4n) is 1.73. The third-order valence-electron chi connectivity index (χ3n) is 2.56. The van der Waals surface area contributed by atoms with Gasteiger partial charge in [0, 0.05) is 19.0 Å². The number of aromatic amines is 1. The van der Waals surface area contributed by atoms with Crippen molar-refractivity contribution in [3.05, 3.63) is 27.5 Å². The molecule has 0 aliphatic heterocycles. The van der Waals surface area contributed by atoms with Crippen LogP contribution in [-0.2, 0) is 13.0 Å². The summed E-state index contributed by atoms with van der Waals surface area (Å²) in [5, 5.41) is 8.18. The van der Waals surface area contributed by atoms with E-state index in [4.69, 9.17) is 11.6 Å². The molecule has 0 radical (unpaired) electrons. The third-order valence-corrected chi connectivity index (χ3v) is 3.66. The molecule has 108 valence electrons. The fourth-order valence-corrected chi connectivity index (χ4v) is 2.88. The van der Waals surface area contributed by atoms with Crippen LogP contribution in [0.2, 0.25) is 5.15 Å². The Balaban J connectivity index is 2.27. The van der Waals surface area contributed by atoms with Crippen molar-refractivity contribution in [3.63, 3.8) is 0 Å². The van der Waals surface area contributed by atoms with Crippen molar-refractivity contribution in [1.29, 1.82) is 0 Å². The molecular weight excluding hydrogens is 298 g/mol. The van der Waals surface area contributed by atoms with E-state index in [1.54, 1.807) is 10.6 Å². The predicted octanol–water partition coefficient (Wildman–Crippen LogP) is 2.53. The van der Waals surface area contributed by atoms with Crippen molar-refractivity contribution in [1.82, 2.24) is 24.7 Å². The lowest BCUT2D eigenvalue weighted by molar-refractivity contribution is 0.603. The van der Waals surface area contributed by atoms with Crippen molar-refractivity contribution in [3.8, 4) is 0 Å². The Kier molecular flexibility index (Phi) is 5.19. The molecule has 0 bridgehead atoms. The van der Waals surface area contributed by atoms with Gasteiger partial charge in [-0.2, -0.15) is 0 Å². The summed E-state index contributed by atoms with van der Waals surface area (Å²) in [5.74, 6) is 0.711. The Morgan fingerprint density at radius 1 is 1.35 bits per heavy atom. The van der Waals surface area contributed by atoms with Gasteiger partial charge in [0.25, 0.3) is 0 Å². The van der Waals surface area contributed by atoms with Gasteiger partial charge in [0.05, 0.1) is 0 Å². The first kappa shape index (κ1) is 15.1. The first-order valence-electron chi connectivity index (χ1n) is 6.50. The number of hydrogen-bond donors (Lipinski definition) is 1. The zero-order valence-corrected chi connectivity index (χ0v) is 13.0. The summed E-state index contributed by atoms with van der Waals surface area (Å²) in [4.78, 5) is 20.2. The van der Waals surface area contributed by atoms with Crippen LogP contribution in [0.25, 0.3) is 0 Å². The number of halogens is 1. The summed E-state index contributed by atoms with van der Waals surface area (Å²) < 4.78 is 1.60. The molecule has 0 aliphatic carbocycles. The van der Waals surface area contributed by atoms with Crippen LogP contribution in [0.15, 0.2) is 21.0 Å². The molecule has 0 amide bonds. The standard InChI is InChI=1S/C12H16ClN5OS/c1-3-5-9-14-8(13)7-10(15-9)20-12-17-16-11(19)18(12)6-4-2/h7H,3-6H2,1-2H3,(H,16,19). The van der Waals surface area contributed by atoms with Crippen molar-refractivity contribution in [2.45, 2.75) is 49.8 Å². The van der Waals surface area contributed by atoms with Crippen LogP contribution in [-0.4, -0.2) is 24.7 Å². The summed E-state index contributed by atoms with van der Waals surface area (Å²) in [6, 6.07) is 1.68. The summed E-state index contributed by atoms with van der Waals surface area (Å²) in [6.07, 6.45) is 2.59. The number of nitrogens with one attached hydrogen (secondary N) is 1. The molecule has 8 heteroatoms. The number of nitrogens with zero attached hydrogens (tertiary/aromatic N) is 4. The van der Waals surface area contributed by atoms with Gasteiger partial charge in [-0.3, -0.25) is 4.57 Å². The van der Waals surface area contributed by atoms with E-state index >= 15 is 0 Å². The number of hydrogen-bond acceptors (Lipinski definition) is 5. The van der Waals surface area contributed by atoms with E-state index in [1.807, 2.05) is 6.92 Å². The van der Waals surface area contributed by atoms with Crippen LogP contribution in [0.1, 0.15) is 32.5 Å². The molecule has 2 aromatic rings. The quantitative estimate of drug-likeness (QED) is 0.829. The molecule has 0 aliphatic rings. The molecule has 20 heavy (non-hydrogen) atoms. The maximum absolute atomic E-state index is 11.6. The van der Waals surface area contributed by atoms with Gasteiger partial charge in [-0.05, 0) is 24.6 Å².